The van der Waals surface area contributed by atoms with Crippen LogP contribution in [0.15, 0.2) is 47.4 Å². The Bertz CT molecular complexity index is 647. The maximum Gasteiger partial charge on any atom is 0.315 e. The van der Waals surface area contributed by atoms with E-state index in [4.69, 9.17) is 0 Å². The predicted octanol–water partition coefficient (Wildman–Crippen LogP) is 4.49. The van der Waals surface area contributed by atoms with Crippen molar-refractivity contribution in [1.82, 2.24) is 0 Å². The van der Waals surface area contributed by atoms with Crippen molar-refractivity contribution in [2.45, 2.75) is 11.8 Å². The molecule has 2 aromatic carbocycles. The number of nitrogens with zero attached hydrogens (tertiary/aromatic N) is 1. The summed E-state index contributed by atoms with van der Waals surface area (Å²) in [5, 5.41) is 17.5. The molecule has 0 aliphatic rings. The zero-order chi connectivity index (χ0) is 15.2. The number of nitro groups is 1. The zero-order valence-corrected chi connectivity index (χ0v) is 12.7. The molecule has 0 bridgehead atoms. The van der Waals surface area contributed by atoms with Gasteiger partial charge in [-0.3, -0.25) is 10.1 Å². The van der Waals surface area contributed by atoms with E-state index in [1.54, 1.807) is 30.0 Å². The van der Waals surface area contributed by atoms with Crippen LogP contribution in [0, 0.1) is 10.1 Å². The number of para-hydroxylation sites is 1. The maximum atomic E-state index is 11.4. The number of thioether (sulfide) groups is 1. The first-order valence-electron chi connectivity index (χ1n) is 6.58. The van der Waals surface area contributed by atoms with Crippen LogP contribution >= 0.6 is 11.8 Å². The van der Waals surface area contributed by atoms with Crippen molar-refractivity contribution in [3.63, 3.8) is 0 Å². The second-order valence-electron chi connectivity index (χ2n) is 4.35. The Morgan fingerprint density at radius 3 is 2.57 bits per heavy atom. The smallest absolute Gasteiger partial charge is 0.315 e. The van der Waals surface area contributed by atoms with E-state index in [1.807, 2.05) is 37.4 Å². The summed E-state index contributed by atoms with van der Waals surface area (Å²) in [7, 11) is 0. The normalized spacial score (nSPS) is 10.2. The van der Waals surface area contributed by atoms with Gasteiger partial charge >= 0.3 is 5.69 Å². The molecule has 110 valence electrons. The molecule has 6 heteroatoms. The third-order valence-corrected chi connectivity index (χ3v) is 3.66. The van der Waals surface area contributed by atoms with E-state index >= 15 is 0 Å². The van der Waals surface area contributed by atoms with Crippen LogP contribution in [0.25, 0.3) is 0 Å². The lowest BCUT2D eigenvalue weighted by Gasteiger charge is -2.11. The van der Waals surface area contributed by atoms with Crippen molar-refractivity contribution in [2.75, 3.05) is 23.4 Å². The summed E-state index contributed by atoms with van der Waals surface area (Å²) in [4.78, 5) is 12.1. The van der Waals surface area contributed by atoms with Gasteiger partial charge in [0.25, 0.3) is 0 Å². The molecule has 5 nitrogen and oxygen atoms in total. The highest BCUT2D eigenvalue weighted by Gasteiger charge is 2.19. The van der Waals surface area contributed by atoms with E-state index in [9.17, 15) is 10.1 Å². The average Bonchev–Trinajstić information content (AvgIpc) is 2.47. The van der Waals surface area contributed by atoms with Crippen LogP contribution in [-0.4, -0.2) is 17.7 Å². The lowest BCUT2D eigenvalue weighted by Crippen LogP contribution is -2.04. The second-order valence-corrected chi connectivity index (χ2v) is 5.23. The lowest BCUT2D eigenvalue weighted by molar-refractivity contribution is -0.383. The van der Waals surface area contributed by atoms with E-state index in [-0.39, 0.29) is 10.6 Å². The Morgan fingerprint density at radius 1 is 1.19 bits per heavy atom. The van der Waals surface area contributed by atoms with E-state index in [2.05, 4.69) is 10.6 Å². The lowest BCUT2D eigenvalue weighted by atomic mass is 10.2. The number of benzene rings is 2. The molecule has 0 unspecified atom stereocenters. The van der Waals surface area contributed by atoms with Crippen LogP contribution in [0.4, 0.5) is 22.7 Å². The minimum Gasteiger partial charge on any atom is -0.380 e. The van der Waals surface area contributed by atoms with Crippen molar-refractivity contribution in [1.29, 1.82) is 0 Å². The summed E-state index contributed by atoms with van der Waals surface area (Å²) in [5.74, 6) is 0. The van der Waals surface area contributed by atoms with Crippen LogP contribution in [0.5, 0.6) is 0 Å². The largest absolute Gasteiger partial charge is 0.380 e. The van der Waals surface area contributed by atoms with Crippen molar-refractivity contribution >= 4 is 34.5 Å². The molecule has 0 spiro atoms. The Morgan fingerprint density at radius 2 is 1.90 bits per heavy atom. The second kappa shape index (κ2) is 6.99. The number of rotatable bonds is 6. The van der Waals surface area contributed by atoms with Crippen molar-refractivity contribution in [3.05, 3.63) is 52.6 Å². The Labute approximate surface area is 127 Å². The summed E-state index contributed by atoms with van der Waals surface area (Å²) < 4.78 is 0. The van der Waals surface area contributed by atoms with Crippen LogP contribution in [-0.2, 0) is 0 Å². The molecular formula is C15H17N3O2S. The van der Waals surface area contributed by atoms with Crippen molar-refractivity contribution in [2.24, 2.45) is 0 Å². The van der Waals surface area contributed by atoms with E-state index in [0.29, 0.717) is 17.9 Å². The molecular weight excluding hydrogens is 286 g/mol. The van der Waals surface area contributed by atoms with Crippen molar-refractivity contribution in [3.8, 4) is 0 Å². The molecule has 0 aromatic heterocycles. The molecule has 0 amide bonds. The molecule has 0 heterocycles. The van der Waals surface area contributed by atoms with Gasteiger partial charge in [0, 0.05) is 17.1 Å². The summed E-state index contributed by atoms with van der Waals surface area (Å²) in [6.45, 7) is 2.54. The SMILES string of the molecule is CCNc1cccc(Nc2cccc(SC)c2)c1[N+](=O)[O-]. The first-order chi connectivity index (χ1) is 10.2. The van der Waals surface area contributed by atoms with E-state index < -0.39 is 0 Å². The van der Waals surface area contributed by atoms with Gasteiger partial charge in [-0.1, -0.05) is 12.1 Å². The van der Waals surface area contributed by atoms with Crippen LogP contribution in [0.1, 0.15) is 6.92 Å². The van der Waals surface area contributed by atoms with Crippen LogP contribution in [0.2, 0.25) is 0 Å². The van der Waals surface area contributed by atoms with E-state index in [0.717, 1.165) is 10.6 Å². The Balaban J connectivity index is 2.38. The molecule has 0 aliphatic heterocycles. The fourth-order valence-corrected chi connectivity index (χ4v) is 2.49. The molecule has 0 fully saturated rings. The highest BCUT2D eigenvalue weighted by atomic mass is 32.2. The van der Waals surface area contributed by atoms with Gasteiger partial charge in [-0.2, -0.15) is 0 Å². The molecule has 2 rings (SSSR count). The molecule has 0 saturated heterocycles. The minimum absolute atomic E-state index is 0.0638. The molecule has 2 N–H and O–H groups in total. The molecule has 2 aromatic rings. The van der Waals surface area contributed by atoms with Crippen molar-refractivity contribution < 1.29 is 4.92 Å². The standard InChI is InChI=1S/C15H17N3O2S/c1-3-16-13-8-5-9-14(15(13)18(19)20)17-11-6-4-7-12(10-11)21-2/h4-10,16-17H,3H2,1-2H3. The van der Waals surface area contributed by atoms with Gasteiger partial charge in [0.05, 0.1) is 4.92 Å². The van der Waals surface area contributed by atoms with Gasteiger partial charge in [0.1, 0.15) is 11.4 Å². The Hall–Kier alpha value is -2.21. The average molecular weight is 303 g/mol. The number of hydrogen-bond donors (Lipinski definition) is 2. The van der Waals surface area contributed by atoms with Gasteiger partial charge in [-0.05, 0) is 43.5 Å². The van der Waals surface area contributed by atoms with Gasteiger partial charge < -0.3 is 10.6 Å². The number of nitro benzene ring substituents is 1. The Kier molecular flexibility index (Phi) is 5.05. The first-order valence-corrected chi connectivity index (χ1v) is 7.80. The van der Waals surface area contributed by atoms with Gasteiger partial charge in [-0.15, -0.1) is 11.8 Å². The quantitative estimate of drug-likeness (QED) is 0.467. The number of hydrogen-bond acceptors (Lipinski definition) is 5. The first kappa shape index (κ1) is 15.2. The van der Waals surface area contributed by atoms with Gasteiger partial charge in [0.15, 0.2) is 0 Å². The summed E-state index contributed by atoms with van der Waals surface area (Å²) in [5.41, 5.74) is 1.90. The molecule has 0 atom stereocenters. The third kappa shape index (κ3) is 3.66. The van der Waals surface area contributed by atoms with Gasteiger partial charge in [-0.25, -0.2) is 0 Å². The fraction of sp³-hybridized carbons (Fsp3) is 0.200. The summed E-state index contributed by atoms with van der Waals surface area (Å²) in [6, 6.07) is 13.0. The number of anilines is 3. The zero-order valence-electron chi connectivity index (χ0n) is 11.9. The monoisotopic (exact) mass is 303 g/mol. The van der Waals surface area contributed by atoms with Gasteiger partial charge in [0.2, 0.25) is 0 Å². The molecule has 0 saturated carbocycles. The highest BCUT2D eigenvalue weighted by Crippen LogP contribution is 2.35. The van der Waals surface area contributed by atoms with Crippen LogP contribution < -0.4 is 10.6 Å². The molecule has 0 radical (unpaired) electrons. The number of nitrogens with one attached hydrogen (secondary N) is 2. The molecule has 21 heavy (non-hydrogen) atoms. The highest BCUT2D eigenvalue weighted by molar-refractivity contribution is 7.98. The fourth-order valence-electron chi connectivity index (χ4n) is 2.03. The minimum atomic E-state index is -0.362. The molecule has 0 aliphatic carbocycles. The van der Waals surface area contributed by atoms with E-state index in [1.165, 1.54) is 0 Å². The predicted molar refractivity (Wildman–Crippen MR) is 88.8 cm³/mol. The topological polar surface area (TPSA) is 67.2 Å². The van der Waals surface area contributed by atoms with Crippen LogP contribution in [0.3, 0.4) is 0 Å². The summed E-state index contributed by atoms with van der Waals surface area (Å²) >= 11 is 1.63. The summed E-state index contributed by atoms with van der Waals surface area (Å²) in [6.07, 6.45) is 1.99. The maximum absolute atomic E-state index is 11.4. The third-order valence-electron chi connectivity index (χ3n) is 2.93.